The predicted octanol–water partition coefficient (Wildman–Crippen LogP) is 0.130. The Hall–Kier alpha value is 22.0. The topological polar surface area (TPSA) is 0 Å². The van der Waals surface area contributed by atoms with E-state index in [-0.39, 0.29) is 0 Å². The fourth-order valence-electron chi connectivity index (χ4n) is 1.12. The third-order valence-electron chi connectivity index (χ3n) is 2.76. The quantitative estimate of drug-likeness (QED) is 0.317. The van der Waals surface area contributed by atoms with Crippen LogP contribution in [0.1, 0.15) is 0 Å². The van der Waals surface area contributed by atoms with Gasteiger partial charge in [-0.05, 0) is 93.2 Å². The molecule has 0 aromatic rings. The normalized spacial score (nSPS) is 7.84. The van der Waals surface area contributed by atoms with E-state index in [9.17, 15) is 0 Å². The summed E-state index contributed by atoms with van der Waals surface area (Å²) in [6, 6.07) is 0. The zero-order valence-corrected chi connectivity index (χ0v) is 124. The summed E-state index contributed by atoms with van der Waals surface area (Å²) >= 11 is 9.50. The summed E-state index contributed by atoms with van der Waals surface area (Å²) in [4.78, 5) is 0. The maximum Gasteiger partial charge on any atom is 0.0298 e. The van der Waals surface area contributed by atoms with Gasteiger partial charge in [0.25, 0.3) is 0 Å². The first-order valence-electron chi connectivity index (χ1n) is 16.9. The maximum atomic E-state index is 4.83. The van der Waals surface area contributed by atoms with E-state index in [0.29, 0.717) is 0 Å². The van der Waals surface area contributed by atoms with Crippen LogP contribution in [0.3, 0.4) is 0 Å². The molecule has 0 fully saturated rings. The summed E-state index contributed by atoms with van der Waals surface area (Å²) < 4.78 is 2.63. The lowest BCUT2D eigenvalue weighted by Crippen LogP contribution is -1.41. The molecule has 0 saturated heterocycles. The summed E-state index contributed by atoms with van der Waals surface area (Å²) in [5.74, 6) is 0. The van der Waals surface area contributed by atoms with E-state index in [1.807, 2.05) is 746 Å². The number of rotatable bonds is 0. The summed E-state index contributed by atoms with van der Waals surface area (Å²) in [5, 5.41) is 0. The minimum Gasteiger partial charge on any atom is -0.0148 e. The van der Waals surface area contributed by atoms with E-state index in [0.717, 1.165) is 0 Å². The average molecular weight is 3250 g/mol. The van der Waals surface area contributed by atoms with Gasteiger partial charge in [-0.1, -0.05) is 0 Å². The molecule has 0 aliphatic rings. The molecule has 0 rings (SSSR count). The molecule has 0 N–H and O–H groups in total. The Balaban J connectivity index is 6.18. The lowest BCUT2D eigenvalue weighted by atomic mass is 12.0. The summed E-state index contributed by atoms with van der Waals surface area (Å²) in [6.45, 7) is 0. The van der Waals surface area contributed by atoms with Crippen molar-refractivity contribution < 1.29 is 0 Å². The van der Waals surface area contributed by atoms with Gasteiger partial charge in [-0.15, -0.1) is 0 Å². The third kappa shape index (κ3) is 122. The van der Waals surface area contributed by atoms with Crippen LogP contribution in [-0.2, 0) is 891 Å². The number of hydrogen-bond donors (Lipinski definition) is 0. The van der Waals surface area contributed by atoms with Crippen molar-refractivity contribution in [3.8, 4) is 0 Å². The first-order chi connectivity index (χ1) is 50.9. The van der Waals surface area contributed by atoms with E-state index in [4.69, 9.17) is 11.2 Å². The average Bonchev–Trinajstić information content (AvgIpc) is 3.74. The highest BCUT2D eigenvalue weighted by Crippen LogP contribution is 1.51. The molecule has 0 atom stereocenters. The Bertz CT molecular complexity index is 7690. The lowest BCUT2D eigenvalue weighted by molar-refractivity contribution is 4.64. The molecule has 0 unspecified atom stereocenters. The molecule has 0 aromatic carbocycles. The molecular weight excluding hydrogens is 3250 g/mol. The highest BCUT2D eigenvalue weighted by Gasteiger charge is 1.51. The highest BCUT2D eigenvalue weighted by atomic mass is 33.6. The van der Waals surface area contributed by atoms with Crippen LogP contribution in [-0.4, -0.2) is 4.31 Å². The molecule has 0 aromatic heterocycles. The van der Waals surface area contributed by atoms with E-state index < -0.39 is 0 Å². The van der Waals surface area contributed by atoms with Crippen molar-refractivity contribution >= 4 is 908 Å². The molecule has 0 amide bonds. The van der Waals surface area contributed by atoms with Gasteiger partial charge in [0.1, 0.15) is 0 Å². The summed E-state index contributed by atoms with van der Waals surface area (Å²) in [7, 11) is 179. The third-order valence-corrected chi connectivity index (χ3v) is 220. The van der Waals surface area contributed by atoms with Gasteiger partial charge in [0.2, 0.25) is 0 Å². The van der Waals surface area contributed by atoms with Crippen LogP contribution in [0.5, 0.6) is 0 Å². The molecule has 0 bridgehead atoms. The molecule has 0 spiro atoms. The van der Waals surface area contributed by atoms with Gasteiger partial charge in [0, 0.05) is 815 Å². The highest BCUT2D eigenvalue weighted by molar-refractivity contribution is 8.87. The Morgan fingerprint density at radius 1 is 0.0882 bits per heavy atom. The first-order valence-corrected chi connectivity index (χ1v) is 150. The van der Waals surface area contributed by atoms with Crippen LogP contribution < -0.4 is 0 Å². The van der Waals surface area contributed by atoms with Crippen molar-refractivity contribution in [2.75, 3.05) is 0 Å². The van der Waals surface area contributed by atoms with Crippen molar-refractivity contribution in [3.63, 3.8) is 0 Å². The van der Waals surface area contributed by atoms with Crippen molar-refractivity contribution in [2.24, 2.45) is 0 Å². The van der Waals surface area contributed by atoms with E-state index in [1.54, 1.807) is 115 Å². The van der Waals surface area contributed by atoms with Gasteiger partial charge in [0.15, 0.2) is 0 Å². The van der Waals surface area contributed by atoms with Crippen molar-refractivity contribution in [3.05, 3.63) is 0 Å². The molecular formula is CS101. The van der Waals surface area contributed by atoms with E-state index in [2.05, 4.69) is 16.5 Å². The van der Waals surface area contributed by atoms with Crippen LogP contribution in [0.4, 0.5) is 0 Å². The molecule has 610 valence electrons. The van der Waals surface area contributed by atoms with Crippen LogP contribution in [0.2, 0.25) is 0 Å². The van der Waals surface area contributed by atoms with Crippen LogP contribution in [0, 0.1) is 0 Å². The second kappa shape index (κ2) is 123. The van der Waals surface area contributed by atoms with Gasteiger partial charge in [-0.2, -0.15) is 0 Å². The van der Waals surface area contributed by atoms with E-state index in [1.165, 1.54) is 18.8 Å². The minimum atomic E-state index is 1.37. The molecule has 0 heterocycles. The number of thiocarbonyl (C=S) groups is 1. The molecule has 0 nitrogen and oxygen atoms in total. The monoisotopic (exact) mass is 3240 g/mol. The molecule has 0 radical (unpaired) electrons. The van der Waals surface area contributed by atoms with Crippen molar-refractivity contribution in [2.45, 2.75) is 0 Å². The molecule has 0 aliphatic heterocycles. The predicted molar refractivity (Wildman–Crippen MR) is 749 cm³/mol. The second-order valence-electron chi connectivity index (χ2n) is 6.83. The second-order valence-corrected chi connectivity index (χ2v) is 182. The Morgan fingerprint density at radius 3 is 0.206 bits per heavy atom. The Morgan fingerprint density at radius 2 is 0.147 bits per heavy atom. The van der Waals surface area contributed by atoms with Crippen molar-refractivity contribution in [1.82, 2.24) is 0 Å². The summed E-state index contributed by atoms with van der Waals surface area (Å²) in [6.07, 6.45) is 0. The lowest BCUT2D eigenvalue weighted by Gasteiger charge is -1.41. The fraction of sp³-hybridized carbons (Fsp3) is 0. The van der Waals surface area contributed by atoms with Crippen LogP contribution >= 0.6 is 12.2 Å². The molecule has 0 saturated carbocycles. The standard InChI is InChI=1S/CS101/c2-1-4-6-8-10-12-14-16-18-20-22-24-26-28-30-32-34-36-38-40-42-44-46-48-50-52-54-56-58-60-62-64-66-68-70-72-74-76-78-80-82-84-86-88-90-92-94-96-98-100-102-101-99-97-95-93-91-89-87-85-83-81-79-77-75-73-71-69-67-65-63-61-59-57-55-53-51-49-47-45-43-41-39-37-35-33-31-29-27-25-23-21-19-17-15-13-11-9-7-5-3. The SMILES string of the molecule is S=C=S=S=S=S=S=S=S=S=S=S=S=S=S=S=S=S=S=S=S=S=S=S=S=S=S=S=S=S=S=S=S=S=S=S=S=S=S=S=S=S=S=S=S=S=S=S=S=S=S=S=S=S=S=S=S=S=S=S=S=S=S=S=S=S=S=S=S=S=S=S=S=S=S=S=S=S=S=S=S=S=S=S=S=S=S=S=S=S=S=S=S=S=S=S=S=S=S=S=S=S. The van der Waals surface area contributed by atoms with Gasteiger partial charge in [0.05, 0.1) is 0 Å². The first kappa shape index (κ1) is 124. The van der Waals surface area contributed by atoms with Gasteiger partial charge in [-0.25, -0.2) is 0 Å². The van der Waals surface area contributed by atoms with E-state index >= 15 is 0 Å². The largest absolute Gasteiger partial charge is 0.0298 e. The zero-order chi connectivity index (χ0) is 72.7. The molecule has 0 aliphatic carbocycles. The van der Waals surface area contributed by atoms with Gasteiger partial charge in [-0.3, -0.25) is 0 Å². The van der Waals surface area contributed by atoms with Crippen molar-refractivity contribution in [1.29, 1.82) is 0 Å². The smallest absolute Gasteiger partial charge is 0.0148 e. The van der Waals surface area contributed by atoms with Crippen LogP contribution in [0.15, 0.2) is 0 Å². The Labute approximate surface area is 879 Å². The minimum absolute atomic E-state index is 1.37. The maximum absolute atomic E-state index is 4.83. The van der Waals surface area contributed by atoms with Gasteiger partial charge >= 0.3 is 0 Å². The number of hydrogen-bond acceptors (Lipinski definition) is 2. The Kier molecular flexibility index (Phi) is 150. The zero-order valence-electron chi connectivity index (χ0n) is 41.7. The fourth-order valence-corrected chi connectivity index (χ4v) is 267. The van der Waals surface area contributed by atoms with Gasteiger partial charge < -0.3 is 0 Å². The summed E-state index contributed by atoms with van der Waals surface area (Å²) in [5.41, 5.74) is 0. The van der Waals surface area contributed by atoms with Crippen LogP contribution in [0.25, 0.3) is 0 Å². The molecule has 102 heavy (non-hydrogen) atoms. The molecule has 101 heteroatoms.